The predicted octanol–water partition coefficient (Wildman–Crippen LogP) is 4.13. The van der Waals surface area contributed by atoms with Crippen molar-refractivity contribution in [2.24, 2.45) is 0 Å². The minimum atomic E-state index is 0.340. The third kappa shape index (κ3) is 2.47. The lowest BCUT2D eigenvalue weighted by Crippen LogP contribution is -1.94. The molecule has 2 N–H and O–H groups in total. The maximum atomic E-state index is 9.25. The van der Waals surface area contributed by atoms with Crippen LogP contribution in [0.3, 0.4) is 0 Å². The number of benzene rings is 2. The molecular weight excluding hydrogens is 286 g/mol. The summed E-state index contributed by atoms with van der Waals surface area (Å²) < 4.78 is 5.85. The summed E-state index contributed by atoms with van der Waals surface area (Å²) >= 11 is 6.11. The summed E-state index contributed by atoms with van der Waals surface area (Å²) in [5, 5.41) is 10.4. The highest BCUT2D eigenvalue weighted by Gasteiger charge is 2.13. The number of aromatic nitrogens is 1. The monoisotopic (exact) mass is 295 g/mol. The van der Waals surface area contributed by atoms with E-state index in [-0.39, 0.29) is 0 Å². The van der Waals surface area contributed by atoms with Crippen LogP contribution in [-0.4, -0.2) is 4.98 Å². The fourth-order valence-electron chi connectivity index (χ4n) is 2.01. The zero-order chi connectivity index (χ0) is 14.8. The Kier molecular flexibility index (Phi) is 3.35. The zero-order valence-electron chi connectivity index (χ0n) is 10.9. The Morgan fingerprint density at radius 3 is 2.81 bits per heavy atom. The van der Waals surface area contributed by atoms with Crippen molar-refractivity contribution in [3.05, 3.63) is 59.2 Å². The minimum absolute atomic E-state index is 0.340. The first kappa shape index (κ1) is 13.2. The predicted molar refractivity (Wildman–Crippen MR) is 82.4 cm³/mol. The lowest BCUT2D eigenvalue weighted by molar-refractivity contribution is 0.487. The third-order valence-electron chi connectivity index (χ3n) is 3.01. The topological polar surface area (TPSA) is 71.9 Å². The van der Waals surface area contributed by atoms with Gasteiger partial charge in [-0.15, -0.1) is 0 Å². The highest BCUT2D eigenvalue weighted by molar-refractivity contribution is 6.32. The molecule has 0 aliphatic carbocycles. The van der Waals surface area contributed by atoms with Crippen LogP contribution in [0.15, 0.2) is 48.7 Å². The number of hydrogen-bond acceptors (Lipinski definition) is 4. The molecular formula is C16H10ClN3O. The number of rotatable bonds is 2. The van der Waals surface area contributed by atoms with Gasteiger partial charge in [0.25, 0.3) is 0 Å². The van der Waals surface area contributed by atoms with Crippen molar-refractivity contribution in [1.82, 2.24) is 4.98 Å². The molecule has 0 saturated carbocycles. The number of anilines is 1. The number of nitrogen functional groups attached to an aromatic ring is 1. The lowest BCUT2D eigenvalue weighted by Gasteiger charge is -2.12. The van der Waals surface area contributed by atoms with Crippen molar-refractivity contribution in [2.75, 3.05) is 5.73 Å². The first-order valence-electron chi connectivity index (χ1n) is 6.20. The largest absolute Gasteiger partial charge is 0.454 e. The quantitative estimate of drug-likeness (QED) is 0.721. The van der Waals surface area contributed by atoms with E-state index in [1.165, 1.54) is 6.20 Å². The van der Waals surface area contributed by atoms with Crippen LogP contribution >= 0.6 is 11.6 Å². The van der Waals surface area contributed by atoms with E-state index in [2.05, 4.69) is 11.1 Å². The van der Waals surface area contributed by atoms with E-state index in [0.29, 0.717) is 27.8 Å². The number of fused-ring (bicyclic) bond motifs is 1. The zero-order valence-corrected chi connectivity index (χ0v) is 11.6. The van der Waals surface area contributed by atoms with Crippen LogP contribution in [0.1, 0.15) is 5.56 Å². The van der Waals surface area contributed by atoms with Gasteiger partial charge < -0.3 is 10.5 Å². The number of halogens is 1. The Morgan fingerprint density at radius 2 is 2.00 bits per heavy atom. The smallest absolute Gasteiger partial charge is 0.156 e. The molecule has 0 atom stereocenters. The number of nitrogens with two attached hydrogens (primary N) is 1. The van der Waals surface area contributed by atoms with Gasteiger partial charge in [0.15, 0.2) is 5.75 Å². The summed E-state index contributed by atoms with van der Waals surface area (Å²) in [7, 11) is 0. The molecule has 0 aliphatic heterocycles. The summed E-state index contributed by atoms with van der Waals surface area (Å²) in [5.74, 6) is 0.833. The van der Waals surface area contributed by atoms with E-state index in [9.17, 15) is 5.26 Å². The van der Waals surface area contributed by atoms with Gasteiger partial charge in [-0.3, -0.25) is 4.98 Å². The maximum absolute atomic E-state index is 9.25. The SMILES string of the molecule is N#Cc1cnc2ccccc2c1Oc1cc(N)ccc1Cl. The molecule has 0 amide bonds. The van der Waals surface area contributed by atoms with Gasteiger partial charge in [-0.25, -0.2) is 0 Å². The summed E-state index contributed by atoms with van der Waals surface area (Å²) in [4.78, 5) is 4.23. The normalized spacial score (nSPS) is 10.3. The maximum Gasteiger partial charge on any atom is 0.156 e. The van der Waals surface area contributed by atoms with Crippen molar-refractivity contribution in [3.8, 4) is 17.6 Å². The van der Waals surface area contributed by atoms with Crippen LogP contribution in [0.5, 0.6) is 11.5 Å². The third-order valence-corrected chi connectivity index (χ3v) is 3.33. The van der Waals surface area contributed by atoms with Gasteiger partial charge in [0.2, 0.25) is 0 Å². The Balaban J connectivity index is 2.19. The average molecular weight is 296 g/mol. The van der Waals surface area contributed by atoms with Crippen LogP contribution in [0, 0.1) is 11.3 Å². The highest BCUT2D eigenvalue weighted by Crippen LogP contribution is 2.36. The van der Waals surface area contributed by atoms with Gasteiger partial charge in [0.05, 0.1) is 10.5 Å². The second-order valence-electron chi connectivity index (χ2n) is 4.42. The first-order chi connectivity index (χ1) is 10.2. The molecule has 0 unspecified atom stereocenters. The van der Waals surface area contributed by atoms with Crippen LogP contribution in [0.4, 0.5) is 5.69 Å². The van der Waals surface area contributed by atoms with Gasteiger partial charge in [0.1, 0.15) is 17.4 Å². The van der Waals surface area contributed by atoms with Crippen LogP contribution < -0.4 is 10.5 Å². The number of nitrogens with zero attached hydrogens (tertiary/aromatic N) is 2. The van der Waals surface area contributed by atoms with Crippen molar-refractivity contribution < 1.29 is 4.74 Å². The molecule has 0 saturated heterocycles. The molecule has 4 nitrogen and oxygen atoms in total. The van der Waals surface area contributed by atoms with Gasteiger partial charge >= 0.3 is 0 Å². The Hall–Kier alpha value is -2.77. The summed E-state index contributed by atoms with van der Waals surface area (Å²) in [6.07, 6.45) is 1.48. The molecule has 0 spiro atoms. The first-order valence-corrected chi connectivity index (χ1v) is 6.57. The Morgan fingerprint density at radius 1 is 1.19 bits per heavy atom. The van der Waals surface area contributed by atoms with Crippen molar-refractivity contribution in [2.45, 2.75) is 0 Å². The number of ether oxygens (including phenoxy) is 1. The molecule has 1 aromatic heterocycles. The summed E-state index contributed by atoms with van der Waals surface area (Å²) in [5.41, 5.74) is 7.36. The van der Waals surface area contributed by atoms with Crippen LogP contribution in [0.25, 0.3) is 10.9 Å². The van der Waals surface area contributed by atoms with Gasteiger partial charge in [-0.2, -0.15) is 5.26 Å². The van der Waals surface area contributed by atoms with E-state index in [4.69, 9.17) is 22.1 Å². The van der Waals surface area contributed by atoms with Crippen LogP contribution in [0.2, 0.25) is 5.02 Å². The number of para-hydroxylation sites is 1. The van der Waals surface area contributed by atoms with Gasteiger partial charge in [-0.1, -0.05) is 23.7 Å². The molecule has 0 bridgehead atoms. The number of hydrogen-bond donors (Lipinski definition) is 1. The molecule has 1 heterocycles. The lowest BCUT2D eigenvalue weighted by atomic mass is 10.1. The standard InChI is InChI=1S/C16H10ClN3O/c17-13-6-5-11(19)7-15(13)21-16-10(8-18)9-20-14-4-2-1-3-12(14)16/h1-7,9H,19H2. The molecule has 21 heavy (non-hydrogen) atoms. The fraction of sp³-hybridized carbons (Fsp3) is 0. The number of pyridine rings is 1. The molecule has 5 heteroatoms. The van der Waals surface area contributed by atoms with Gasteiger partial charge in [0, 0.05) is 23.3 Å². The molecule has 0 fully saturated rings. The Bertz CT molecular complexity index is 871. The molecule has 3 aromatic rings. The van der Waals surface area contributed by atoms with Crippen molar-refractivity contribution in [3.63, 3.8) is 0 Å². The second-order valence-corrected chi connectivity index (χ2v) is 4.83. The van der Waals surface area contributed by atoms with Gasteiger partial charge in [-0.05, 0) is 24.3 Å². The Labute approximate surface area is 126 Å². The van der Waals surface area contributed by atoms with E-state index >= 15 is 0 Å². The van der Waals surface area contributed by atoms with Crippen molar-refractivity contribution in [1.29, 1.82) is 5.26 Å². The molecule has 102 valence electrons. The van der Waals surface area contributed by atoms with E-state index < -0.39 is 0 Å². The second kappa shape index (κ2) is 5.31. The van der Waals surface area contributed by atoms with E-state index in [1.807, 2.05) is 24.3 Å². The molecule has 0 aliphatic rings. The highest BCUT2D eigenvalue weighted by atomic mass is 35.5. The molecule has 0 radical (unpaired) electrons. The van der Waals surface area contributed by atoms with Crippen molar-refractivity contribution >= 4 is 28.2 Å². The average Bonchev–Trinajstić information content (AvgIpc) is 2.51. The molecule has 3 rings (SSSR count). The molecule has 2 aromatic carbocycles. The van der Waals surface area contributed by atoms with E-state index in [0.717, 1.165) is 10.9 Å². The fourth-order valence-corrected chi connectivity index (χ4v) is 2.17. The minimum Gasteiger partial charge on any atom is -0.454 e. The summed E-state index contributed by atoms with van der Waals surface area (Å²) in [6.45, 7) is 0. The van der Waals surface area contributed by atoms with Crippen LogP contribution in [-0.2, 0) is 0 Å². The summed E-state index contributed by atoms with van der Waals surface area (Å²) in [6, 6.07) is 14.5. The van der Waals surface area contributed by atoms with E-state index in [1.54, 1.807) is 18.2 Å². The number of nitriles is 1.